The smallest absolute Gasteiger partial charge is 0.182 e. The Morgan fingerprint density at radius 1 is 1.44 bits per heavy atom. The zero-order valence-electron chi connectivity index (χ0n) is 9.14. The predicted molar refractivity (Wildman–Crippen MR) is 67.3 cm³/mol. The number of ether oxygens (including phenoxy) is 1. The molecule has 84 valence electrons. The molecule has 0 fully saturated rings. The summed E-state index contributed by atoms with van der Waals surface area (Å²) in [5.74, 6) is 0.918. The average molecular weight is 234 g/mol. The van der Waals surface area contributed by atoms with Crippen molar-refractivity contribution in [3.63, 3.8) is 0 Å². The van der Waals surface area contributed by atoms with E-state index >= 15 is 0 Å². The minimum atomic E-state index is 0.642. The van der Waals surface area contributed by atoms with Crippen molar-refractivity contribution >= 4 is 16.5 Å². The van der Waals surface area contributed by atoms with E-state index in [2.05, 4.69) is 23.3 Å². The summed E-state index contributed by atoms with van der Waals surface area (Å²) in [6.45, 7) is 3.46. The minimum absolute atomic E-state index is 0.642. The van der Waals surface area contributed by atoms with Gasteiger partial charge in [-0.05, 0) is 24.6 Å². The molecule has 1 heterocycles. The molecule has 0 aliphatic carbocycles. The third kappa shape index (κ3) is 3.24. The Morgan fingerprint density at radius 2 is 2.38 bits per heavy atom. The van der Waals surface area contributed by atoms with E-state index in [1.807, 2.05) is 23.6 Å². The summed E-state index contributed by atoms with van der Waals surface area (Å²) >= 11 is 1.59. The monoisotopic (exact) mass is 234 g/mol. The first-order valence-corrected chi connectivity index (χ1v) is 6.05. The lowest BCUT2D eigenvalue weighted by Gasteiger charge is -2.07. The summed E-state index contributed by atoms with van der Waals surface area (Å²) < 4.78 is 5.60. The summed E-state index contributed by atoms with van der Waals surface area (Å²) in [5, 5.41) is 6.08. The molecule has 0 bridgehead atoms. The highest BCUT2D eigenvalue weighted by atomic mass is 32.1. The van der Waals surface area contributed by atoms with Crippen LogP contribution in [-0.2, 0) is 0 Å². The maximum atomic E-state index is 5.60. The van der Waals surface area contributed by atoms with Crippen molar-refractivity contribution < 1.29 is 4.74 Å². The quantitative estimate of drug-likeness (QED) is 0.808. The second-order valence-corrected chi connectivity index (χ2v) is 4.32. The standard InChI is InChI=1S/C12H14N2OS/c1-10-3-2-4-11(9-10)15-7-5-13-12-14-6-8-16-12/h2-4,6,8-9H,5,7H2,1H3,(H,13,14). The zero-order valence-corrected chi connectivity index (χ0v) is 9.96. The Balaban J connectivity index is 1.72. The zero-order chi connectivity index (χ0) is 11.2. The maximum absolute atomic E-state index is 5.60. The van der Waals surface area contributed by atoms with Crippen LogP contribution in [0.5, 0.6) is 5.75 Å². The third-order valence-electron chi connectivity index (χ3n) is 2.07. The minimum Gasteiger partial charge on any atom is -0.492 e. The van der Waals surface area contributed by atoms with Crippen molar-refractivity contribution in [2.45, 2.75) is 6.92 Å². The lowest BCUT2D eigenvalue weighted by atomic mass is 10.2. The van der Waals surface area contributed by atoms with Crippen LogP contribution in [0.3, 0.4) is 0 Å². The van der Waals surface area contributed by atoms with Crippen molar-refractivity contribution in [1.82, 2.24) is 4.98 Å². The normalized spacial score (nSPS) is 10.1. The average Bonchev–Trinajstić information content (AvgIpc) is 2.77. The maximum Gasteiger partial charge on any atom is 0.182 e. The molecule has 0 spiro atoms. The van der Waals surface area contributed by atoms with Gasteiger partial charge < -0.3 is 10.1 Å². The van der Waals surface area contributed by atoms with Crippen LogP contribution < -0.4 is 10.1 Å². The van der Waals surface area contributed by atoms with Gasteiger partial charge in [0.15, 0.2) is 5.13 Å². The van der Waals surface area contributed by atoms with Crippen LogP contribution in [0, 0.1) is 6.92 Å². The van der Waals surface area contributed by atoms with Gasteiger partial charge >= 0.3 is 0 Å². The molecule has 4 heteroatoms. The summed E-state index contributed by atoms with van der Waals surface area (Å²) in [7, 11) is 0. The number of nitrogens with one attached hydrogen (secondary N) is 1. The van der Waals surface area contributed by atoms with Crippen LogP contribution in [-0.4, -0.2) is 18.1 Å². The van der Waals surface area contributed by atoms with E-state index in [9.17, 15) is 0 Å². The second-order valence-electron chi connectivity index (χ2n) is 3.43. The molecular formula is C12H14N2OS. The topological polar surface area (TPSA) is 34.1 Å². The highest BCUT2D eigenvalue weighted by molar-refractivity contribution is 7.13. The number of hydrogen-bond acceptors (Lipinski definition) is 4. The van der Waals surface area contributed by atoms with E-state index in [0.29, 0.717) is 6.61 Å². The molecule has 0 amide bonds. The van der Waals surface area contributed by atoms with E-state index in [-0.39, 0.29) is 0 Å². The summed E-state index contributed by atoms with van der Waals surface area (Å²) in [4.78, 5) is 4.13. The number of benzene rings is 1. The number of anilines is 1. The number of aromatic nitrogens is 1. The molecule has 2 aromatic rings. The Kier molecular flexibility index (Phi) is 3.77. The summed E-state index contributed by atoms with van der Waals surface area (Å²) in [6, 6.07) is 8.05. The van der Waals surface area contributed by atoms with Crippen molar-refractivity contribution in [2.75, 3.05) is 18.5 Å². The molecule has 0 aliphatic rings. The van der Waals surface area contributed by atoms with Gasteiger partial charge in [-0.2, -0.15) is 0 Å². The van der Waals surface area contributed by atoms with Crippen LogP contribution in [0.15, 0.2) is 35.8 Å². The number of nitrogens with zero attached hydrogens (tertiary/aromatic N) is 1. The fourth-order valence-electron chi connectivity index (χ4n) is 1.34. The fraction of sp³-hybridized carbons (Fsp3) is 0.250. The van der Waals surface area contributed by atoms with Crippen LogP contribution in [0.2, 0.25) is 0 Å². The van der Waals surface area contributed by atoms with Gasteiger partial charge in [0, 0.05) is 11.6 Å². The largest absolute Gasteiger partial charge is 0.492 e. The molecule has 0 saturated carbocycles. The second kappa shape index (κ2) is 5.51. The lowest BCUT2D eigenvalue weighted by Crippen LogP contribution is -2.11. The number of hydrogen-bond donors (Lipinski definition) is 1. The Bertz CT molecular complexity index is 428. The number of aryl methyl sites for hydroxylation is 1. The summed E-state index contributed by atoms with van der Waals surface area (Å²) in [6.07, 6.45) is 1.79. The van der Waals surface area contributed by atoms with Crippen molar-refractivity contribution in [3.05, 3.63) is 41.4 Å². The van der Waals surface area contributed by atoms with Crippen molar-refractivity contribution in [3.8, 4) is 5.75 Å². The number of rotatable bonds is 5. The molecule has 1 aromatic heterocycles. The van der Waals surface area contributed by atoms with Gasteiger partial charge in [0.05, 0.1) is 6.54 Å². The van der Waals surface area contributed by atoms with E-state index in [1.54, 1.807) is 17.5 Å². The third-order valence-corrected chi connectivity index (χ3v) is 2.80. The highest BCUT2D eigenvalue weighted by Gasteiger charge is 1.95. The molecule has 16 heavy (non-hydrogen) atoms. The van der Waals surface area contributed by atoms with Gasteiger partial charge in [0.25, 0.3) is 0 Å². The van der Waals surface area contributed by atoms with Gasteiger partial charge in [-0.25, -0.2) is 4.98 Å². The predicted octanol–water partition coefficient (Wildman–Crippen LogP) is 2.94. The Morgan fingerprint density at radius 3 is 3.12 bits per heavy atom. The van der Waals surface area contributed by atoms with Crippen LogP contribution in [0.25, 0.3) is 0 Å². The lowest BCUT2D eigenvalue weighted by molar-refractivity contribution is 0.332. The SMILES string of the molecule is Cc1cccc(OCCNc2nccs2)c1. The van der Waals surface area contributed by atoms with E-state index in [4.69, 9.17) is 4.74 Å². The van der Waals surface area contributed by atoms with E-state index in [0.717, 1.165) is 17.4 Å². The van der Waals surface area contributed by atoms with Crippen molar-refractivity contribution in [1.29, 1.82) is 0 Å². The molecule has 0 atom stereocenters. The Hall–Kier alpha value is -1.55. The van der Waals surface area contributed by atoms with E-state index < -0.39 is 0 Å². The van der Waals surface area contributed by atoms with Gasteiger partial charge in [-0.15, -0.1) is 11.3 Å². The van der Waals surface area contributed by atoms with E-state index in [1.165, 1.54) is 5.56 Å². The molecular weight excluding hydrogens is 220 g/mol. The van der Waals surface area contributed by atoms with Crippen molar-refractivity contribution in [2.24, 2.45) is 0 Å². The summed E-state index contributed by atoms with van der Waals surface area (Å²) in [5.41, 5.74) is 1.21. The molecule has 1 aromatic carbocycles. The fourth-order valence-corrected chi connectivity index (χ4v) is 1.90. The van der Waals surface area contributed by atoms with Gasteiger partial charge in [0.2, 0.25) is 0 Å². The molecule has 2 rings (SSSR count). The van der Waals surface area contributed by atoms with Crippen LogP contribution in [0.1, 0.15) is 5.56 Å². The molecule has 0 radical (unpaired) electrons. The molecule has 3 nitrogen and oxygen atoms in total. The highest BCUT2D eigenvalue weighted by Crippen LogP contribution is 2.12. The first-order valence-electron chi connectivity index (χ1n) is 5.17. The number of thiazole rings is 1. The van der Waals surface area contributed by atoms with Gasteiger partial charge in [-0.1, -0.05) is 12.1 Å². The van der Waals surface area contributed by atoms with Gasteiger partial charge in [0.1, 0.15) is 12.4 Å². The molecule has 0 saturated heterocycles. The first-order chi connectivity index (χ1) is 7.84. The molecule has 0 unspecified atom stereocenters. The van der Waals surface area contributed by atoms with Crippen LogP contribution in [0.4, 0.5) is 5.13 Å². The Labute approximate surface area is 99.1 Å². The van der Waals surface area contributed by atoms with Gasteiger partial charge in [-0.3, -0.25) is 0 Å². The van der Waals surface area contributed by atoms with Crippen LogP contribution >= 0.6 is 11.3 Å². The molecule has 1 N–H and O–H groups in total. The first kappa shape index (κ1) is 11.0. The molecule has 0 aliphatic heterocycles.